The first-order valence-electron chi connectivity index (χ1n) is 3.52. The molecule has 0 aliphatic heterocycles. The molecule has 10 heavy (non-hydrogen) atoms. The van der Waals surface area contributed by atoms with Crippen molar-refractivity contribution in [3.8, 4) is 0 Å². The third-order valence-corrected chi connectivity index (χ3v) is 2.54. The number of halogens is 1. The van der Waals surface area contributed by atoms with Crippen LogP contribution in [0, 0.1) is 11.8 Å². The van der Waals surface area contributed by atoms with Crippen molar-refractivity contribution in [2.45, 2.75) is 13.3 Å². The first kappa shape index (κ1) is 8.05. The molecule has 0 heterocycles. The third-order valence-electron chi connectivity index (χ3n) is 1.71. The van der Waals surface area contributed by atoms with Crippen LogP contribution in [0.4, 0.5) is 0 Å². The van der Waals surface area contributed by atoms with E-state index >= 15 is 0 Å². The number of hydrogen-bond donors (Lipinski definition) is 0. The lowest BCUT2D eigenvalue weighted by Gasteiger charge is -1.97. The molecular formula is C7H11BrO2. The minimum atomic E-state index is -0.0213. The van der Waals surface area contributed by atoms with Gasteiger partial charge in [-0.25, -0.2) is 0 Å². The van der Waals surface area contributed by atoms with Gasteiger partial charge in [-0.05, 0) is 19.3 Å². The lowest BCUT2D eigenvalue weighted by Crippen LogP contribution is -2.07. The Labute approximate surface area is 69.1 Å². The van der Waals surface area contributed by atoms with Crippen molar-refractivity contribution in [2.75, 3.05) is 11.9 Å². The molecule has 0 aromatic rings. The molecule has 2 unspecified atom stereocenters. The van der Waals surface area contributed by atoms with Crippen LogP contribution in [0.15, 0.2) is 0 Å². The van der Waals surface area contributed by atoms with Gasteiger partial charge < -0.3 is 4.74 Å². The summed E-state index contributed by atoms with van der Waals surface area (Å²) in [6.07, 6.45) is 1.00. The van der Waals surface area contributed by atoms with Crippen LogP contribution >= 0.6 is 15.9 Å². The van der Waals surface area contributed by atoms with Crippen molar-refractivity contribution in [3.05, 3.63) is 0 Å². The molecule has 0 radical (unpaired) electrons. The van der Waals surface area contributed by atoms with E-state index in [-0.39, 0.29) is 11.9 Å². The fraction of sp³-hybridized carbons (Fsp3) is 0.857. The molecule has 2 nitrogen and oxygen atoms in total. The van der Waals surface area contributed by atoms with E-state index in [1.165, 1.54) is 0 Å². The number of carbonyl (C=O) groups is 1. The Balaban J connectivity index is 2.19. The largest absolute Gasteiger partial charge is 0.466 e. The second kappa shape index (κ2) is 3.37. The van der Waals surface area contributed by atoms with Gasteiger partial charge in [0.2, 0.25) is 0 Å². The summed E-state index contributed by atoms with van der Waals surface area (Å²) in [5.74, 6) is 0.713. The Kier molecular flexibility index (Phi) is 2.72. The van der Waals surface area contributed by atoms with Crippen molar-refractivity contribution in [1.29, 1.82) is 0 Å². The van der Waals surface area contributed by atoms with Crippen LogP contribution in [0.25, 0.3) is 0 Å². The molecule has 0 saturated heterocycles. The summed E-state index contributed by atoms with van der Waals surface area (Å²) in [7, 11) is 0. The fourth-order valence-electron chi connectivity index (χ4n) is 0.956. The minimum absolute atomic E-state index is 0.0213. The molecule has 2 atom stereocenters. The van der Waals surface area contributed by atoms with Gasteiger partial charge in [0.25, 0.3) is 0 Å². The predicted octanol–water partition coefficient (Wildman–Crippen LogP) is 1.58. The number of alkyl halides is 1. The number of hydrogen-bond acceptors (Lipinski definition) is 2. The van der Waals surface area contributed by atoms with Gasteiger partial charge in [0.15, 0.2) is 0 Å². The standard InChI is InChI=1S/C7H11BrO2/c1-2-10-7(9)6-3-5(6)4-8/h5-6H,2-4H2,1H3. The maximum atomic E-state index is 10.9. The number of esters is 1. The highest BCUT2D eigenvalue weighted by Gasteiger charge is 2.42. The lowest BCUT2D eigenvalue weighted by atomic mass is 10.3. The molecular weight excluding hydrogens is 196 g/mol. The van der Waals surface area contributed by atoms with Crippen molar-refractivity contribution in [1.82, 2.24) is 0 Å². The molecule has 58 valence electrons. The van der Waals surface area contributed by atoms with Crippen molar-refractivity contribution >= 4 is 21.9 Å². The summed E-state index contributed by atoms with van der Waals surface area (Å²) in [5.41, 5.74) is 0. The highest BCUT2D eigenvalue weighted by Crippen LogP contribution is 2.40. The zero-order chi connectivity index (χ0) is 7.56. The zero-order valence-electron chi connectivity index (χ0n) is 5.97. The first-order chi connectivity index (χ1) is 4.79. The van der Waals surface area contributed by atoms with E-state index in [4.69, 9.17) is 4.74 Å². The quantitative estimate of drug-likeness (QED) is 0.518. The summed E-state index contributed by atoms with van der Waals surface area (Å²) < 4.78 is 4.84. The highest BCUT2D eigenvalue weighted by molar-refractivity contribution is 9.09. The second-order valence-corrected chi connectivity index (χ2v) is 3.16. The molecule has 0 bridgehead atoms. The fourth-order valence-corrected chi connectivity index (χ4v) is 1.67. The van der Waals surface area contributed by atoms with Crippen LogP contribution in [0.2, 0.25) is 0 Å². The van der Waals surface area contributed by atoms with E-state index in [1.807, 2.05) is 6.92 Å². The average Bonchev–Trinajstić information content (AvgIpc) is 2.66. The summed E-state index contributed by atoms with van der Waals surface area (Å²) in [5, 5.41) is 0.927. The van der Waals surface area contributed by atoms with Crippen LogP contribution in [-0.2, 0) is 9.53 Å². The zero-order valence-corrected chi connectivity index (χ0v) is 7.56. The maximum absolute atomic E-state index is 10.9. The van der Waals surface area contributed by atoms with Gasteiger partial charge >= 0.3 is 5.97 Å². The minimum Gasteiger partial charge on any atom is -0.466 e. The van der Waals surface area contributed by atoms with Gasteiger partial charge in [-0.2, -0.15) is 0 Å². The normalized spacial score (nSPS) is 29.8. The molecule has 0 aromatic heterocycles. The van der Waals surface area contributed by atoms with Crippen LogP contribution in [-0.4, -0.2) is 17.9 Å². The van der Waals surface area contributed by atoms with E-state index in [1.54, 1.807) is 0 Å². The van der Waals surface area contributed by atoms with Gasteiger partial charge in [0.1, 0.15) is 0 Å². The molecule has 3 heteroatoms. The van der Waals surface area contributed by atoms with Gasteiger partial charge in [-0.15, -0.1) is 0 Å². The molecule has 0 aromatic carbocycles. The Morgan fingerprint density at radius 3 is 2.90 bits per heavy atom. The number of rotatable bonds is 3. The molecule has 1 saturated carbocycles. The molecule has 1 aliphatic carbocycles. The predicted molar refractivity (Wildman–Crippen MR) is 42.0 cm³/mol. The van der Waals surface area contributed by atoms with Gasteiger partial charge in [-0.1, -0.05) is 15.9 Å². The Bertz CT molecular complexity index is 136. The molecule has 0 spiro atoms. The van der Waals surface area contributed by atoms with E-state index in [0.29, 0.717) is 12.5 Å². The summed E-state index contributed by atoms with van der Waals surface area (Å²) in [6, 6.07) is 0. The van der Waals surface area contributed by atoms with Crippen molar-refractivity contribution < 1.29 is 9.53 Å². The SMILES string of the molecule is CCOC(=O)C1CC1CBr. The van der Waals surface area contributed by atoms with Gasteiger partial charge in [0, 0.05) is 5.33 Å². The monoisotopic (exact) mass is 206 g/mol. The lowest BCUT2D eigenvalue weighted by molar-refractivity contribution is -0.144. The Morgan fingerprint density at radius 1 is 1.80 bits per heavy atom. The Morgan fingerprint density at radius 2 is 2.50 bits per heavy atom. The summed E-state index contributed by atoms with van der Waals surface area (Å²) >= 11 is 3.33. The van der Waals surface area contributed by atoms with Crippen LogP contribution in [0.3, 0.4) is 0 Å². The van der Waals surface area contributed by atoms with E-state index in [9.17, 15) is 4.79 Å². The van der Waals surface area contributed by atoms with E-state index in [0.717, 1.165) is 11.8 Å². The third kappa shape index (κ3) is 1.72. The van der Waals surface area contributed by atoms with Gasteiger partial charge in [-0.3, -0.25) is 4.79 Å². The molecule has 1 rings (SSSR count). The van der Waals surface area contributed by atoms with E-state index in [2.05, 4.69) is 15.9 Å². The molecule has 0 amide bonds. The second-order valence-electron chi connectivity index (χ2n) is 2.51. The summed E-state index contributed by atoms with van der Waals surface area (Å²) in [4.78, 5) is 10.9. The smallest absolute Gasteiger partial charge is 0.309 e. The van der Waals surface area contributed by atoms with Crippen LogP contribution in [0.5, 0.6) is 0 Å². The van der Waals surface area contributed by atoms with Crippen molar-refractivity contribution in [3.63, 3.8) is 0 Å². The summed E-state index contributed by atoms with van der Waals surface area (Å²) in [6.45, 7) is 2.34. The highest BCUT2D eigenvalue weighted by atomic mass is 79.9. The van der Waals surface area contributed by atoms with Crippen LogP contribution < -0.4 is 0 Å². The van der Waals surface area contributed by atoms with Crippen LogP contribution in [0.1, 0.15) is 13.3 Å². The Hall–Kier alpha value is -0.0500. The average molecular weight is 207 g/mol. The maximum Gasteiger partial charge on any atom is 0.309 e. The number of ether oxygens (including phenoxy) is 1. The number of carbonyl (C=O) groups excluding carboxylic acids is 1. The molecule has 1 aliphatic rings. The molecule has 0 N–H and O–H groups in total. The van der Waals surface area contributed by atoms with E-state index < -0.39 is 0 Å². The molecule has 1 fully saturated rings. The van der Waals surface area contributed by atoms with Gasteiger partial charge in [0.05, 0.1) is 12.5 Å². The van der Waals surface area contributed by atoms with Crippen molar-refractivity contribution in [2.24, 2.45) is 11.8 Å². The first-order valence-corrected chi connectivity index (χ1v) is 4.64. The topological polar surface area (TPSA) is 26.3 Å².